The van der Waals surface area contributed by atoms with Crippen LogP contribution in [0.3, 0.4) is 0 Å². The van der Waals surface area contributed by atoms with Crippen molar-refractivity contribution < 1.29 is 4.79 Å². The topological polar surface area (TPSA) is 45.2 Å². The summed E-state index contributed by atoms with van der Waals surface area (Å²) in [5, 5.41) is 6.18. The van der Waals surface area contributed by atoms with Crippen LogP contribution < -0.4 is 10.2 Å². The third kappa shape index (κ3) is 3.57. The third-order valence-corrected chi connectivity index (χ3v) is 3.96. The van der Waals surface area contributed by atoms with Gasteiger partial charge in [-0.05, 0) is 19.3 Å². The van der Waals surface area contributed by atoms with Gasteiger partial charge < -0.3 is 10.2 Å². The number of carbonyl (C=O) groups is 1. The van der Waals surface area contributed by atoms with E-state index >= 15 is 0 Å². The van der Waals surface area contributed by atoms with Gasteiger partial charge in [0.05, 0.1) is 0 Å². The Kier molecular flexibility index (Phi) is 4.75. The molecule has 0 radical (unpaired) electrons. The first-order chi connectivity index (χ1) is 8.79. The number of aromatic nitrogens is 1. The van der Waals surface area contributed by atoms with E-state index in [1.54, 1.807) is 17.4 Å². The van der Waals surface area contributed by atoms with Crippen molar-refractivity contribution in [3.05, 3.63) is 24.2 Å². The smallest absolute Gasteiger partial charge is 0.220 e. The van der Waals surface area contributed by atoms with Gasteiger partial charge in [0.15, 0.2) is 5.13 Å². The standard InChI is InChI=1S/C13H19N3OS/c1-2-3-4-12(17)15-11-5-8-16(9-6-11)13-14-7-10-18-13/h2,7,10-11H,1,3-6,8-9H2,(H,15,17). The number of hydrogen-bond acceptors (Lipinski definition) is 4. The van der Waals surface area contributed by atoms with E-state index in [2.05, 4.69) is 21.8 Å². The number of amides is 1. The second kappa shape index (κ2) is 6.54. The molecule has 0 aliphatic carbocycles. The highest BCUT2D eigenvalue weighted by atomic mass is 32.1. The molecule has 0 spiro atoms. The van der Waals surface area contributed by atoms with E-state index in [-0.39, 0.29) is 5.91 Å². The number of thiazole rings is 1. The zero-order chi connectivity index (χ0) is 12.8. The molecule has 98 valence electrons. The molecule has 1 N–H and O–H groups in total. The van der Waals surface area contributed by atoms with Crippen LogP contribution in [0.2, 0.25) is 0 Å². The van der Waals surface area contributed by atoms with Gasteiger partial charge in [-0.2, -0.15) is 0 Å². The Bertz CT molecular complexity index is 383. The largest absolute Gasteiger partial charge is 0.353 e. The summed E-state index contributed by atoms with van der Waals surface area (Å²) in [7, 11) is 0. The predicted octanol–water partition coefficient (Wildman–Crippen LogP) is 2.19. The summed E-state index contributed by atoms with van der Waals surface area (Å²) in [6.07, 6.45) is 6.92. The first kappa shape index (κ1) is 13.1. The molecule has 1 aliphatic rings. The van der Waals surface area contributed by atoms with E-state index in [9.17, 15) is 4.79 Å². The predicted molar refractivity (Wildman–Crippen MR) is 74.9 cm³/mol. The molecule has 4 nitrogen and oxygen atoms in total. The van der Waals surface area contributed by atoms with E-state index in [1.165, 1.54) is 0 Å². The number of hydrogen-bond donors (Lipinski definition) is 1. The minimum atomic E-state index is 0.141. The maximum atomic E-state index is 11.6. The van der Waals surface area contributed by atoms with Gasteiger partial charge in [0, 0.05) is 37.1 Å². The fraction of sp³-hybridized carbons (Fsp3) is 0.538. The van der Waals surface area contributed by atoms with Crippen molar-refractivity contribution in [1.82, 2.24) is 10.3 Å². The zero-order valence-electron chi connectivity index (χ0n) is 10.5. The molecule has 1 saturated heterocycles. The molecule has 1 fully saturated rings. The van der Waals surface area contributed by atoms with Crippen molar-refractivity contribution in [3.8, 4) is 0 Å². The molecule has 0 unspecified atom stereocenters. The quantitative estimate of drug-likeness (QED) is 0.830. The summed E-state index contributed by atoms with van der Waals surface area (Å²) in [6.45, 7) is 5.57. The lowest BCUT2D eigenvalue weighted by atomic mass is 10.1. The Labute approximate surface area is 112 Å². The number of nitrogens with zero attached hydrogens (tertiary/aromatic N) is 2. The highest BCUT2D eigenvalue weighted by molar-refractivity contribution is 7.13. The van der Waals surface area contributed by atoms with Crippen LogP contribution in [0.4, 0.5) is 5.13 Å². The lowest BCUT2D eigenvalue weighted by Gasteiger charge is -2.32. The number of rotatable bonds is 5. The maximum absolute atomic E-state index is 11.6. The van der Waals surface area contributed by atoms with Gasteiger partial charge in [-0.1, -0.05) is 6.08 Å². The molecule has 0 bridgehead atoms. The molecule has 0 saturated carbocycles. The van der Waals surface area contributed by atoms with Crippen molar-refractivity contribution in [1.29, 1.82) is 0 Å². The molecule has 2 rings (SSSR count). The Hall–Kier alpha value is -1.36. The average molecular weight is 265 g/mol. The molecule has 1 amide bonds. The second-order valence-electron chi connectivity index (χ2n) is 4.47. The molecule has 2 heterocycles. The van der Waals surface area contributed by atoms with Crippen LogP contribution in [0.5, 0.6) is 0 Å². The van der Waals surface area contributed by atoms with Gasteiger partial charge in [-0.25, -0.2) is 4.98 Å². The number of nitrogens with one attached hydrogen (secondary N) is 1. The molecule has 5 heteroatoms. The van der Waals surface area contributed by atoms with Crippen LogP contribution in [0.15, 0.2) is 24.2 Å². The first-order valence-electron chi connectivity index (χ1n) is 6.34. The Balaban J connectivity index is 1.73. The molecule has 1 aromatic rings. The third-order valence-electron chi connectivity index (χ3n) is 3.13. The van der Waals surface area contributed by atoms with E-state index in [0.29, 0.717) is 12.5 Å². The van der Waals surface area contributed by atoms with Crippen LogP contribution in [0.1, 0.15) is 25.7 Å². The van der Waals surface area contributed by atoms with E-state index in [0.717, 1.165) is 37.5 Å². The Morgan fingerprint density at radius 1 is 1.61 bits per heavy atom. The molecule has 18 heavy (non-hydrogen) atoms. The van der Waals surface area contributed by atoms with Crippen molar-refractivity contribution in [2.24, 2.45) is 0 Å². The number of allylic oxidation sites excluding steroid dienone is 1. The van der Waals surface area contributed by atoms with Crippen LogP contribution in [0.25, 0.3) is 0 Å². The Morgan fingerprint density at radius 2 is 2.39 bits per heavy atom. The number of piperidine rings is 1. The van der Waals surface area contributed by atoms with Gasteiger partial charge in [0.1, 0.15) is 0 Å². The lowest BCUT2D eigenvalue weighted by molar-refractivity contribution is -0.121. The molecule has 0 atom stereocenters. The van der Waals surface area contributed by atoms with E-state index in [4.69, 9.17) is 0 Å². The van der Waals surface area contributed by atoms with Gasteiger partial charge in [0.25, 0.3) is 0 Å². The maximum Gasteiger partial charge on any atom is 0.220 e. The fourth-order valence-corrected chi connectivity index (χ4v) is 2.82. The summed E-state index contributed by atoms with van der Waals surface area (Å²) < 4.78 is 0. The van der Waals surface area contributed by atoms with E-state index in [1.807, 2.05) is 11.6 Å². The zero-order valence-corrected chi connectivity index (χ0v) is 11.3. The number of carbonyl (C=O) groups excluding carboxylic acids is 1. The Morgan fingerprint density at radius 3 is 3.00 bits per heavy atom. The SMILES string of the molecule is C=CCCC(=O)NC1CCN(c2nccs2)CC1. The van der Waals surface area contributed by atoms with Gasteiger partial charge >= 0.3 is 0 Å². The van der Waals surface area contributed by atoms with Gasteiger partial charge in [-0.3, -0.25) is 4.79 Å². The van der Waals surface area contributed by atoms with Gasteiger partial charge in [0.2, 0.25) is 5.91 Å². The van der Waals surface area contributed by atoms with Gasteiger partial charge in [-0.15, -0.1) is 17.9 Å². The van der Waals surface area contributed by atoms with Crippen molar-refractivity contribution in [2.45, 2.75) is 31.7 Å². The molecule has 1 aliphatic heterocycles. The molecular weight excluding hydrogens is 246 g/mol. The minimum Gasteiger partial charge on any atom is -0.353 e. The highest BCUT2D eigenvalue weighted by Gasteiger charge is 2.21. The number of anilines is 1. The highest BCUT2D eigenvalue weighted by Crippen LogP contribution is 2.21. The van der Waals surface area contributed by atoms with Crippen molar-refractivity contribution >= 4 is 22.4 Å². The second-order valence-corrected chi connectivity index (χ2v) is 5.34. The normalized spacial score (nSPS) is 16.6. The van der Waals surface area contributed by atoms with Crippen LogP contribution >= 0.6 is 11.3 Å². The van der Waals surface area contributed by atoms with Crippen molar-refractivity contribution in [2.75, 3.05) is 18.0 Å². The average Bonchev–Trinajstić information content (AvgIpc) is 2.91. The first-order valence-corrected chi connectivity index (χ1v) is 7.22. The minimum absolute atomic E-state index is 0.141. The summed E-state index contributed by atoms with van der Waals surface area (Å²) in [5.41, 5.74) is 0. The summed E-state index contributed by atoms with van der Waals surface area (Å²) >= 11 is 1.67. The molecular formula is C13H19N3OS. The van der Waals surface area contributed by atoms with Crippen LogP contribution in [0, 0.1) is 0 Å². The summed E-state index contributed by atoms with van der Waals surface area (Å²) in [6, 6.07) is 0.318. The van der Waals surface area contributed by atoms with E-state index < -0.39 is 0 Å². The monoisotopic (exact) mass is 265 g/mol. The van der Waals surface area contributed by atoms with Crippen molar-refractivity contribution in [3.63, 3.8) is 0 Å². The van der Waals surface area contributed by atoms with Crippen LogP contribution in [-0.2, 0) is 4.79 Å². The lowest BCUT2D eigenvalue weighted by Crippen LogP contribution is -2.44. The van der Waals surface area contributed by atoms with Crippen LogP contribution in [-0.4, -0.2) is 30.0 Å². The summed E-state index contributed by atoms with van der Waals surface area (Å²) in [5.74, 6) is 0.141. The fourth-order valence-electron chi connectivity index (χ4n) is 2.12. The molecule has 1 aromatic heterocycles. The summed E-state index contributed by atoms with van der Waals surface area (Å²) in [4.78, 5) is 18.2. The molecule has 0 aromatic carbocycles.